The fourth-order valence-electron chi connectivity index (χ4n) is 4.36. The van der Waals surface area contributed by atoms with Gasteiger partial charge in [0.1, 0.15) is 18.3 Å². The van der Waals surface area contributed by atoms with Crippen LogP contribution in [0.15, 0.2) is 77.7 Å². The summed E-state index contributed by atoms with van der Waals surface area (Å²) < 4.78 is 35.0. The molecule has 2 amide bonds. The van der Waals surface area contributed by atoms with E-state index in [1.54, 1.807) is 67.6 Å². The van der Waals surface area contributed by atoms with E-state index in [9.17, 15) is 18.0 Å². The third kappa shape index (κ3) is 8.24. The standard InChI is InChI=1S/C31H38ClN3O5S/c1-5-20-33-31(37)27(6-2)34(21-24-14-16-25(32)17-15-24)30(36)22-35(28-10-8-9-11-29(28)40-7-3)41(38,39)26-18-12-23(4)13-19-26/h8-19,27H,5-7,20-22H2,1-4H3,(H,33,37)/t27-/m1/s1. The number of sulfonamides is 1. The van der Waals surface area contributed by atoms with E-state index < -0.39 is 28.5 Å². The number of aryl methyl sites for hydroxylation is 1. The zero-order chi connectivity index (χ0) is 30.0. The van der Waals surface area contributed by atoms with Crippen LogP contribution in [0.25, 0.3) is 0 Å². The molecule has 10 heteroatoms. The molecule has 0 aliphatic rings. The molecule has 0 bridgehead atoms. The summed E-state index contributed by atoms with van der Waals surface area (Å²) in [5, 5.41) is 3.42. The Kier molecular flexibility index (Phi) is 11.6. The average Bonchev–Trinajstić information content (AvgIpc) is 2.96. The number of ether oxygens (including phenoxy) is 1. The predicted octanol–water partition coefficient (Wildman–Crippen LogP) is 5.58. The van der Waals surface area contributed by atoms with Gasteiger partial charge in [-0.1, -0.05) is 67.4 Å². The van der Waals surface area contributed by atoms with Crippen LogP contribution in [0.2, 0.25) is 5.02 Å². The lowest BCUT2D eigenvalue weighted by Crippen LogP contribution is -2.52. The van der Waals surface area contributed by atoms with Gasteiger partial charge in [-0.05, 0) is 68.7 Å². The number of nitrogens with one attached hydrogen (secondary N) is 1. The Hall–Kier alpha value is -3.56. The third-order valence-corrected chi connectivity index (χ3v) is 8.55. The molecule has 0 heterocycles. The number of hydrogen-bond donors (Lipinski definition) is 1. The zero-order valence-corrected chi connectivity index (χ0v) is 25.5. The number of rotatable bonds is 14. The van der Waals surface area contributed by atoms with E-state index in [2.05, 4.69) is 5.32 Å². The number of amides is 2. The molecule has 0 saturated heterocycles. The molecule has 0 aromatic heterocycles. The van der Waals surface area contributed by atoms with E-state index in [4.69, 9.17) is 16.3 Å². The fraction of sp³-hybridized carbons (Fsp3) is 0.355. The lowest BCUT2D eigenvalue weighted by molar-refractivity contribution is -0.140. The van der Waals surface area contributed by atoms with Gasteiger partial charge >= 0.3 is 0 Å². The Morgan fingerprint density at radius 2 is 1.61 bits per heavy atom. The quantitative estimate of drug-likeness (QED) is 0.261. The van der Waals surface area contributed by atoms with Crippen LogP contribution in [-0.2, 0) is 26.2 Å². The number of nitrogens with zero attached hydrogens (tertiary/aromatic N) is 2. The minimum absolute atomic E-state index is 0.0409. The van der Waals surface area contributed by atoms with Gasteiger partial charge in [0.25, 0.3) is 10.0 Å². The molecule has 0 radical (unpaired) electrons. The zero-order valence-electron chi connectivity index (χ0n) is 24.0. The van der Waals surface area contributed by atoms with Gasteiger partial charge in [0.05, 0.1) is 17.2 Å². The van der Waals surface area contributed by atoms with Crippen molar-refractivity contribution in [1.29, 1.82) is 0 Å². The van der Waals surface area contributed by atoms with Crippen molar-refractivity contribution < 1.29 is 22.7 Å². The maximum absolute atomic E-state index is 14.2. The van der Waals surface area contributed by atoms with Gasteiger partial charge in [-0.2, -0.15) is 0 Å². The third-order valence-electron chi connectivity index (χ3n) is 6.52. The molecule has 0 aliphatic carbocycles. The van der Waals surface area contributed by atoms with Crippen molar-refractivity contribution in [2.75, 3.05) is 24.0 Å². The van der Waals surface area contributed by atoms with Crippen molar-refractivity contribution in [2.45, 2.75) is 58.0 Å². The molecule has 1 atom stereocenters. The largest absolute Gasteiger partial charge is 0.492 e. The van der Waals surface area contributed by atoms with Crippen LogP contribution in [0, 0.1) is 6.92 Å². The number of benzene rings is 3. The van der Waals surface area contributed by atoms with Gasteiger partial charge < -0.3 is 15.0 Å². The number of carbonyl (C=O) groups excluding carboxylic acids is 2. The lowest BCUT2D eigenvalue weighted by Gasteiger charge is -2.33. The van der Waals surface area contributed by atoms with Gasteiger partial charge in [0, 0.05) is 18.1 Å². The second-order valence-corrected chi connectivity index (χ2v) is 11.9. The molecule has 8 nitrogen and oxygen atoms in total. The van der Waals surface area contributed by atoms with Crippen molar-refractivity contribution in [3.63, 3.8) is 0 Å². The maximum Gasteiger partial charge on any atom is 0.264 e. The smallest absolute Gasteiger partial charge is 0.264 e. The molecular weight excluding hydrogens is 562 g/mol. The van der Waals surface area contributed by atoms with Crippen molar-refractivity contribution in [3.05, 3.63) is 88.9 Å². The summed E-state index contributed by atoms with van der Waals surface area (Å²) in [4.78, 5) is 28.8. The first-order valence-electron chi connectivity index (χ1n) is 13.7. The lowest BCUT2D eigenvalue weighted by atomic mass is 10.1. The average molecular weight is 600 g/mol. The molecule has 220 valence electrons. The Morgan fingerprint density at radius 1 is 0.951 bits per heavy atom. The van der Waals surface area contributed by atoms with Crippen LogP contribution < -0.4 is 14.4 Å². The molecule has 0 aliphatic heterocycles. The fourth-order valence-corrected chi connectivity index (χ4v) is 5.91. The normalized spacial score (nSPS) is 11.9. The topological polar surface area (TPSA) is 96.0 Å². The van der Waals surface area contributed by atoms with E-state index in [-0.39, 0.29) is 23.0 Å². The van der Waals surface area contributed by atoms with Gasteiger partial charge in [0.2, 0.25) is 11.8 Å². The van der Waals surface area contributed by atoms with Crippen molar-refractivity contribution >= 4 is 39.1 Å². The van der Waals surface area contributed by atoms with Crippen LogP contribution in [0.3, 0.4) is 0 Å². The molecule has 1 N–H and O–H groups in total. The summed E-state index contributed by atoms with van der Waals surface area (Å²) in [5.74, 6) is -0.491. The summed E-state index contributed by atoms with van der Waals surface area (Å²) in [7, 11) is -4.20. The van der Waals surface area contributed by atoms with Crippen molar-refractivity contribution in [1.82, 2.24) is 10.2 Å². The molecule has 0 unspecified atom stereocenters. The molecule has 0 fully saturated rings. The summed E-state index contributed by atoms with van der Waals surface area (Å²) >= 11 is 6.07. The predicted molar refractivity (Wildman–Crippen MR) is 163 cm³/mol. The second kappa shape index (κ2) is 14.9. The Bertz CT molecular complexity index is 1410. The first-order chi connectivity index (χ1) is 19.6. The van der Waals surface area contributed by atoms with E-state index in [1.807, 2.05) is 20.8 Å². The Morgan fingerprint density at radius 3 is 2.22 bits per heavy atom. The van der Waals surface area contributed by atoms with Crippen molar-refractivity contribution in [3.8, 4) is 5.75 Å². The molecule has 41 heavy (non-hydrogen) atoms. The van der Waals surface area contributed by atoms with E-state index in [0.29, 0.717) is 30.3 Å². The highest BCUT2D eigenvalue weighted by Crippen LogP contribution is 2.33. The number of halogens is 1. The van der Waals surface area contributed by atoms with E-state index >= 15 is 0 Å². The second-order valence-electron chi connectivity index (χ2n) is 9.59. The monoisotopic (exact) mass is 599 g/mol. The van der Waals surface area contributed by atoms with Gasteiger partial charge in [-0.25, -0.2) is 8.42 Å². The van der Waals surface area contributed by atoms with E-state index in [0.717, 1.165) is 21.9 Å². The van der Waals surface area contributed by atoms with Crippen LogP contribution >= 0.6 is 11.6 Å². The van der Waals surface area contributed by atoms with Gasteiger partial charge in [-0.3, -0.25) is 13.9 Å². The number of anilines is 1. The van der Waals surface area contributed by atoms with Gasteiger partial charge in [-0.15, -0.1) is 0 Å². The minimum Gasteiger partial charge on any atom is -0.492 e. The van der Waals surface area contributed by atoms with Gasteiger partial charge in [0.15, 0.2) is 0 Å². The summed E-state index contributed by atoms with van der Waals surface area (Å²) in [5.41, 5.74) is 1.89. The molecule has 0 spiro atoms. The molecule has 3 aromatic rings. The Labute approximate surface area is 248 Å². The Balaban J connectivity index is 2.09. The first kappa shape index (κ1) is 32.0. The van der Waals surface area contributed by atoms with Crippen molar-refractivity contribution in [2.24, 2.45) is 0 Å². The molecule has 3 aromatic carbocycles. The molecule has 0 saturated carbocycles. The number of carbonyl (C=O) groups is 2. The summed E-state index contributed by atoms with van der Waals surface area (Å²) in [6, 6.07) is 19.3. The SMILES string of the molecule is CCCNC(=O)[C@@H](CC)N(Cc1ccc(Cl)cc1)C(=O)CN(c1ccccc1OCC)S(=O)(=O)c1ccc(C)cc1. The highest BCUT2D eigenvalue weighted by Gasteiger charge is 2.34. The first-order valence-corrected chi connectivity index (χ1v) is 15.6. The minimum atomic E-state index is -4.20. The van der Waals surface area contributed by atoms with Crippen LogP contribution in [0.4, 0.5) is 5.69 Å². The van der Waals surface area contributed by atoms with Crippen LogP contribution in [0.5, 0.6) is 5.75 Å². The summed E-state index contributed by atoms with van der Waals surface area (Å²) in [6.07, 6.45) is 1.08. The van der Waals surface area contributed by atoms with Crippen LogP contribution in [-0.4, -0.2) is 50.9 Å². The molecule has 3 rings (SSSR count). The highest BCUT2D eigenvalue weighted by molar-refractivity contribution is 7.92. The number of hydrogen-bond acceptors (Lipinski definition) is 5. The molecular formula is C31H38ClN3O5S. The number of para-hydroxylation sites is 2. The van der Waals surface area contributed by atoms with E-state index in [1.165, 1.54) is 17.0 Å². The summed E-state index contributed by atoms with van der Waals surface area (Å²) in [6.45, 7) is 7.77. The van der Waals surface area contributed by atoms with Crippen LogP contribution in [0.1, 0.15) is 44.7 Å². The highest BCUT2D eigenvalue weighted by atomic mass is 35.5. The maximum atomic E-state index is 14.2.